The van der Waals surface area contributed by atoms with E-state index in [1.165, 1.54) is 16.9 Å². The molecular formula is C12H21N3O4S. The van der Waals surface area contributed by atoms with Crippen molar-refractivity contribution in [3.8, 4) is 0 Å². The number of carboxylic acids is 1. The molecule has 0 radical (unpaired) electrons. The largest absolute Gasteiger partial charge is 0.481 e. The minimum Gasteiger partial charge on any atom is -0.481 e. The summed E-state index contributed by atoms with van der Waals surface area (Å²) < 4.78 is 28.0. The van der Waals surface area contributed by atoms with Gasteiger partial charge in [-0.15, -0.1) is 0 Å². The lowest BCUT2D eigenvalue weighted by Gasteiger charge is -2.14. The molecule has 2 unspecified atom stereocenters. The molecule has 0 bridgehead atoms. The number of sulfonamides is 1. The Bertz CT molecular complexity index is 553. The summed E-state index contributed by atoms with van der Waals surface area (Å²) >= 11 is 0. The molecule has 0 aliphatic carbocycles. The summed E-state index contributed by atoms with van der Waals surface area (Å²) in [5.41, 5.74) is 0. The second-order valence-electron chi connectivity index (χ2n) is 4.99. The molecule has 7 nitrogen and oxygen atoms in total. The zero-order chi connectivity index (χ0) is 15.3. The zero-order valence-corrected chi connectivity index (χ0v) is 12.7. The van der Waals surface area contributed by atoms with Crippen LogP contribution in [-0.2, 0) is 21.9 Å². The third-order valence-corrected chi connectivity index (χ3v) is 4.77. The quantitative estimate of drug-likeness (QED) is 0.745. The highest BCUT2D eigenvalue weighted by Gasteiger charge is 2.20. The number of nitrogens with zero attached hydrogens (tertiary/aromatic N) is 2. The molecule has 2 atom stereocenters. The summed E-state index contributed by atoms with van der Waals surface area (Å²) in [4.78, 5) is 10.7. The van der Waals surface area contributed by atoms with Gasteiger partial charge in [0.2, 0.25) is 0 Å². The number of aliphatic carboxylic acids is 1. The van der Waals surface area contributed by atoms with Crippen LogP contribution in [0.15, 0.2) is 17.3 Å². The average molecular weight is 303 g/mol. The highest BCUT2D eigenvalue weighted by atomic mass is 32.2. The van der Waals surface area contributed by atoms with Crippen molar-refractivity contribution < 1.29 is 18.3 Å². The van der Waals surface area contributed by atoms with Gasteiger partial charge < -0.3 is 5.11 Å². The minimum atomic E-state index is -3.58. The van der Waals surface area contributed by atoms with E-state index in [2.05, 4.69) is 9.82 Å². The van der Waals surface area contributed by atoms with Crippen LogP contribution in [0.5, 0.6) is 0 Å². The standard InChI is InChI=1S/C12H21N3O4S/c1-9(12(16)17)5-4-6-10(2)14-20(18,19)11-7-8-13-15(11)3/h7-10,14H,4-6H2,1-3H3,(H,16,17). The molecule has 2 N–H and O–H groups in total. The van der Waals surface area contributed by atoms with Gasteiger partial charge in [0.05, 0.1) is 12.1 Å². The van der Waals surface area contributed by atoms with Gasteiger partial charge in [-0.25, -0.2) is 13.1 Å². The first-order valence-electron chi connectivity index (χ1n) is 6.47. The first-order chi connectivity index (χ1) is 9.24. The molecule has 114 valence electrons. The van der Waals surface area contributed by atoms with Gasteiger partial charge in [0.1, 0.15) is 0 Å². The van der Waals surface area contributed by atoms with E-state index < -0.39 is 21.9 Å². The van der Waals surface area contributed by atoms with E-state index in [4.69, 9.17) is 5.11 Å². The Kier molecular flexibility index (Phi) is 5.70. The highest BCUT2D eigenvalue weighted by molar-refractivity contribution is 7.89. The van der Waals surface area contributed by atoms with Crippen LogP contribution < -0.4 is 4.72 Å². The van der Waals surface area contributed by atoms with E-state index in [0.717, 1.165) is 0 Å². The Labute approximate surface area is 119 Å². The molecule has 1 heterocycles. The topological polar surface area (TPSA) is 101 Å². The molecule has 0 aromatic carbocycles. The lowest BCUT2D eigenvalue weighted by atomic mass is 10.0. The molecule has 0 aliphatic heterocycles. The molecule has 1 aromatic rings. The summed E-state index contributed by atoms with van der Waals surface area (Å²) in [6, 6.07) is 1.18. The van der Waals surface area contributed by atoms with Crippen molar-refractivity contribution in [3.05, 3.63) is 12.3 Å². The van der Waals surface area contributed by atoms with Crippen molar-refractivity contribution in [2.24, 2.45) is 13.0 Å². The lowest BCUT2D eigenvalue weighted by Crippen LogP contribution is -2.33. The third kappa shape index (κ3) is 4.61. The van der Waals surface area contributed by atoms with Crippen molar-refractivity contribution in [1.82, 2.24) is 14.5 Å². The van der Waals surface area contributed by atoms with Gasteiger partial charge in [-0.3, -0.25) is 9.48 Å². The smallest absolute Gasteiger partial charge is 0.306 e. The van der Waals surface area contributed by atoms with Gasteiger partial charge in [-0.05, 0) is 25.8 Å². The van der Waals surface area contributed by atoms with E-state index in [-0.39, 0.29) is 11.1 Å². The van der Waals surface area contributed by atoms with E-state index in [0.29, 0.717) is 19.3 Å². The van der Waals surface area contributed by atoms with Crippen LogP contribution in [0, 0.1) is 5.92 Å². The van der Waals surface area contributed by atoms with Crippen molar-refractivity contribution in [1.29, 1.82) is 0 Å². The normalized spacial score (nSPS) is 14.9. The van der Waals surface area contributed by atoms with Crippen molar-refractivity contribution >= 4 is 16.0 Å². The molecule has 20 heavy (non-hydrogen) atoms. The Balaban J connectivity index is 2.48. The first-order valence-corrected chi connectivity index (χ1v) is 7.95. The Morgan fingerprint density at radius 3 is 2.60 bits per heavy atom. The third-order valence-electron chi connectivity index (χ3n) is 3.10. The zero-order valence-electron chi connectivity index (χ0n) is 11.9. The van der Waals surface area contributed by atoms with Gasteiger partial charge in [-0.1, -0.05) is 13.3 Å². The summed E-state index contributed by atoms with van der Waals surface area (Å²) in [7, 11) is -2.02. The first kappa shape index (κ1) is 16.6. The van der Waals surface area contributed by atoms with Gasteiger partial charge in [0.25, 0.3) is 10.0 Å². The highest BCUT2D eigenvalue weighted by Crippen LogP contribution is 2.12. The number of hydrogen-bond acceptors (Lipinski definition) is 4. The molecule has 0 saturated heterocycles. The van der Waals surface area contributed by atoms with Gasteiger partial charge in [-0.2, -0.15) is 5.10 Å². The predicted octanol–water partition coefficient (Wildman–Crippen LogP) is 0.978. The predicted molar refractivity (Wildman–Crippen MR) is 73.6 cm³/mol. The Hall–Kier alpha value is -1.41. The SMILES string of the molecule is CC(CCCC(C)C(=O)O)NS(=O)(=O)c1ccnn1C. The van der Waals surface area contributed by atoms with Crippen LogP contribution >= 0.6 is 0 Å². The van der Waals surface area contributed by atoms with E-state index in [1.54, 1.807) is 20.9 Å². The van der Waals surface area contributed by atoms with Crippen LogP contribution in [-0.4, -0.2) is 35.3 Å². The minimum absolute atomic E-state index is 0.114. The fourth-order valence-electron chi connectivity index (χ4n) is 1.86. The summed E-state index contributed by atoms with van der Waals surface area (Å²) in [5, 5.41) is 12.7. The van der Waals surface area contributed by atoms with Crippen molar-refractivity contribution in [2.75, 3.05) is 0 Å². The maximum absolute atomic E-state index is 12.1. The number of hydrogen-bond donors (Lipinski definition) is 2. The number of aromatic nitrogens is 2. The molecule has 0 fully saturated rings. The lowest BCUT2D eigenvalue weighted by molar-refractivity contribution is -0.141. The molecule has 8 heteroatoms. The molecule has 1 rings (SSSR count). The Morgan fingerprint density at radius 2 is 2.10 bits per heavy atom. The molecule has 0 aliphatic rings. The van der Waals surface area contributed by atoms with Gasteiger partial charge in [0.15, 0.2) is 5.03 Å². The number of nitrogens with one attached hydrogen (secondary N) is 1. The summed E-state index contributed by atoms with van der Waals surface area (Å²) in [6.07, 6.45) is 3.21. The van der Waals surface area contributed by atoms with Gasteiger partial charge in [0, 0.05) is 13.1 Å². The van der Waals surface area contributed by atoms with E-state index in [9.17, 15) is 13.2 Å². The van der Waals surface area contributed by atoms with Crippen LogP contribution in [0.3, 0.4) is 0 Å². The number of carbonyl (C=O) groups is 1. The summed E-state index contributed by atoms with van der Waals surface area (Å²) in [5.74, 6) is -1.23. The van der Waals surface area contributed by atoms with E-state index >= 15 is 0 Å². The monoisotopic (exact) mass is 303 g/mol. The van der Waals surface area contributed by atoms with Crippen LogP contribution in [0.4, 0.5) is 0 Å². The second kappa shape index (κ2) is 6.85. The van der Waals surface area contributed by atoms with Crippen LogP contribution in [0.1, 0.15) is 33.1 Å². The molecule has 0 saturated carbocycles. The van der Waals surface area contributed by atoms with Crippen LogP contribution in [0.2, 0.25) is 0 Å². The van der Waals surface area contributed by atoms with Gasteiger partial charge >= 0.3 is 5.97 Å². The number of carboxylic acid groups (broad SMARTS) is 1. The van der Waals surface area contributed by atoms with E-state index in [1.807, 2.05) is 0 Å². The number of aryl methyl sites for hydroxylation is 1. The molecule has 1 aromatic heterocycles. The molecular weight excluding hydrogens is 282 g/mol. The molecule has 0 spiro atoms. The van der Waals surface area contributed by atoms with Crippen molar-refractivity contribution in [2.45, 2.75) is 44.2 Å². The fraction of sp³-hybridized carbons (Fsp3) is 0.667. The fourth-order valence-corrected chi connectivity index (χ4v) is 3.27. The van der Waals surface area contributed by atoms with Crippen molar-refractivity contribution in [3.63, 3.8) is 0 Å². The summed E-state index contributed by atoms with van der Waals surface area (Å²) in [6.45, 7) is 3.41. The second-order valence-corrected chi connectivity index (χ2v) is 6.65. The van der Waals surface area contributed by atoms with Crippen LogP contribution in [0.25, 0.3) is 0 Å². The Morgan fingerprint density at radius 1 is 1.45 bits per heavy atom. The molecule has 0 amide bonds. The maximum atomic E-state index is 12.1. The average Bonchev–Trinajstić information content (AvgIpc) is 2.75. The number of rotatable bonds is 8. The maximum Gasteiger partial charge on any atom is 0.306 e.